The van der Waals surface area contributed by atoms with Gasteiger partial charge < -0.3 is 5.73 Å². The van der Waals surface area contributed by atoms with Crippen LogP contribution in [0.25, 0.3) is 5.69 Å². The Bertz CT molecular complexity index is 795. The first-order valence-corrected chi connectivity index (χ1v) is 6.90. The zero-order valence-corrected chi connectivity index (χ0v) is 12.2. The van der Waals surface area contributed by atoms with E-state index in [4.69, 9.17) is 5.73 Å². The van der Waals surface area contributed by atoms with E-state index < -0.39 is 0 Å². The standard InChI is InChI=1S/C17H16N4O/c1-20(17(22)14-9-5-6-10-15(14)18)16-11-12-19-21(16)13-7-3-2-4-8-13/h2-12H,18H2,1H3. The number of nitrogens with two attached hydrogens (primary N) is 1. The van der Waals surface area contributed by atoms with E-state index >= 15 is 0 Å². The number of amides is 1. The highest BCUT2D eigenvalue weighted by Crippen LogP contribution is 2.21. The van der Waals surface area contributed by atoms with Crippen LogP contribution < -0.4 is 10.6 Å². The number of aromatic nitrogens is 2. The first-order chi connectivity index (χ1) is 10.7. The highest BCUT2D eigenvalue weighted by Gasteiger charge is 2.19. The van der Waals surface area contributed by atoms with Crippen LogP contribution in [-0.2, 0) is 0 Å². The van der Waals surface area contributed by atoms with Crippen LogP contribution in [0.5, 0.6) is 0 Å². The van der Waals surface area contributed by atoms with Crippen molar-refractivity contribution in [2.45, 2.75) is 0 Å². The zero-order chi connectivity index (χ0) is 15.5. The van der Waals surface area contributed by atoms with Crippen molar-refractivity contribution in [1.82, 2.24) is 9.78 Å². The topological polar surface area (TPSA) is 64.2 Å². The van der Waals surface area contributed by atoms with E-state index in [1.807, 2.05) is 30.3 Å². The third-order valence-electron chi connectivity index (χ3n) is 3.46. The molecule has 3 aromatic rings. The minimum Gasteiger partial charge on any atom is -0.398 e. The second-order valence-corrected chi connectivity index (χ2v) is 4.89. The maximum atomic E-state index is 12.7. The van der Waals surface area contributed by atoms with Crippen LogP contribution in [0.1, 0.15) is 10.4 Å². The summed E-state index contributed by atoms with van der Waals surface area (Å²) in [6.45, 7) is 0. The van der Waals surface area contributed by atoms with E-state index in [1.54, 1.807) is 53.2 Å². The smallest absolute Gasteiger partial charge is 0.261 e. The van der Waals surface area contributed by atoms with Gasteiger partial charge in [-0.15, -0.1) is 0 Å². The van der Waals surface area contributed by atoms with Crippen molar-refractivity contribution in [3.63, 3.8) is 0 Å². The zero-order valence-electron chi connectivity index (χ0n) is 12.2. The van der Waals surface area contributed by atoms with Gasteiger partial charge in [0, 0.05) is 18.8 Å². The van der Waals surface area contributed by atoms with Crippen molar-refractivity contribution in [3.8, 4) is 5.69 Å². The number of para-hydroxylation sites is 2. The normalized spacial score (nSPS) is 10.4. The lowest BCUT2D eigenvalue weighted by Crippen LogP contribution is -2.29. The molecule has 1 amide bonds. The van der Waals surface area contributed by atoms with E-state index in [0.29, 0.717) is 17.1 Å². The van der Waals surface area contributed by atoms with E-state index in [-0.39, 0.29) is 5.91 Å². The van der Waals surface area contributed by atoms with E-state index in [9.17, 15) is 4.79 Å². The van der Waals surface area contributed by atoms with Crippen molar-refractivity contribution in [2.24, 2.45) is 0 Å². The summed E-state index contributed by atoms with van der Waals surface area (Å²) in [6.07, 6.45) is 1.67. The molecule has 22 heavy (non-hydrogen) atoms. The predicted molar refractivity (Wildman–Crippen MR) is 87.2 cm³/mol. The summed E-state index contributed by atoms with van der Waals surface area (Å²) in [5, 5.41) is 4.30. The summed E-state index contributed by atoms with van der Waals surface area (Å²) in [5.41, 5.74) is 7.72. The maximum Gasteiger partial charge on any atom is 0.261 e. The third-order valence-corrected chi connectivity index (χ3v) is 3.46. The first kappa shape index (κ1) is 13.9. The number of rotatable bonds is 3. The Hall–Kier alpha value is -3.08. The summed E-state index contributed by atoms with van der Waals surface area (Å²) in [6, 6.07) is 18.5. The van der Waals surface area contributed by atoms with Gasteiger partial charge in [0.15, 0.2) is 0 Å². The maximum absolute atomic E-state index is 12.7. The molecule has 0 atom stereocenters. The van der Waals surface area contributed by atoms with E-state index in [2.05, 4.69) is 5.10 Å². The van der Waals surface area contributed by atoms with Crippen molar-refractivity contribution >= 4 is 17.4 Å². The number of nitrogens with zero attached hydrogens (tertiary/aromatic N) is 3. The number of hydrogen-bond acceptors (Lipinski definition) is 3. The molecule has 2 aromatic carbocycles. The lowest BCUT2D eigenvalue weighted by atomic mass is 10.1. The fraction of sp³-hybridized carbons (Fsp3) is 0.0588. The minimum absolute atomic E-state index is 0.171. The molecule has 2 N–H and O–H groups in total. The molecule has 1 heterocycles. The highest BCUT2D eigenvalue weighted by molar-refractivity contribution is 6.08. The Morgan fingerprint density at radius 3 is 2.45 bits per heavy atom. The number of hydrogen-bond donors (Lipinski definition) is 1. The molecule has 0 saturated carbocycles. The molecule has 1 aromatic heterocycles. The van der Waals surface area contributed by atoms with Crippen LogP contribution in [0.2, 0.25) is 0 Å². The van der Waals surface area contributed by atoms with Gasteiger partial charge in [-0.1, -0.05) is 30.3 Å². The molecule has 0 unspecified atom stereocenters. The van der Waals surface area contributed by atoms with Crippen LogP contribution in [-0.4, -0.2) is 22.7 Å². The second kappa shape index (κ2) is 5.73. The predicted octanol–water partition coefficient (Wildman–Crippen LogP) is 2.73. The Morgan fingerprint density at radius 2 is 1.73 bits per heavy atom. The van der Waals surface area contributed by atoms with E-state index in [0.717, 1.165) is 5.69 Å². The van der Waals surface area contributed by atoms with Crippen LogP contribution in [0, 0.1) is 0 Å². The van der Waals surface area contributed by atoms with Crippen molar-refractivity contribution in [2.75, 3.05) is 17.7 Å². The molecular weight excluding hydrogens is 276 g/mol. The molecule has 0 fully saturated rings. The molecule has 5 heteroatoms. The summed E-state index contributed by atoms with van der Waals surface area (Å²) < 4.78 is 1.72. The second-order valence-electron chi connectivity index (χ2n) is 4.89. The van der Waals surface area contributed by atoms with Gasteiger partial charge >= 0.3 is 0 Å². The van der Waals surface area contributed by atoms with Crippen LogP contribution in [0.15, 0.2) is 66.9 Å². The molecular formula is C17H16N4O. The number of anilines is 2. The quantitative estimate of drug-likeness (QED) is 0.755. The molecule has 3 rings (SSSR count). The van der Waals surface area contributed by atoms with Gasteiger partial charge in [0.2, 0.25) is 0 Å². The molecule has 5 nitrogen and oxygen atoms in total. The van der Waals surface area contributed by atoms with Gasteiger partial charge in [0.05, 0.1) is 17.4 Å². The number of benzene rings is 2. The Labute approximate surface area is 128 Å². The van der Waals surface area contributed by atoms with Gasteiger partial charge in [-0.3, -0.25) is 9.69 Å². The van der Waals surface area contributed by atoms with Crippen molar-refractivity contribution in [1.29, 1.82) is 0 Å². The SMILES string of the molecule is CN(C(=O)c1ccccc1N)c1ccnn1-c1ccccc1. The van der Waals surface area contributed by atoms with Gasteiger partial charge in [0.1, 0.15) is 5.82 Å². The van der Waals surface area contributed by atoms with Crippen molar-refractivity contribution < 1.29 is 4.79 Å². The molecule has 0 aliphatic heterocycles. The van der Waals surface area contributed by atoms with E-state index in [1.165, 1.54) is 0 Å². The molecule has 0 bridgehead atoms. The molecule has 0 spiro atoms. The number of carbonyl (C=O) groups is 1. The Kier molecular flexibility index (Phi) is 3.62. The fourth-order valence-corrected chi connectivity index (χ4v) is 2.29. The average molecular weight is 292 g/mol. The molecule has 0 aliphatic carbocycles. The van der Waals surface area contributed by atoms with Gasteiger partial charge in [-0.05, 0) is 24.3 Å². The molecule has 0 aliphatic rings. The third kappa shape index (κ3) is 2.44. The van der Waals surface area contributed by atoms with Gasteiger partial charge in [0.25, 0.3) is 5.91 Å². The fourth-order valence-electron chi connectivity index (χ4n) is 2.29. The first-order valence-electron chi connectivity index (χ1n) is 6.90. The molecule has 0 saturated heterocycles. The summed E-state index contributed by atoms with van der Waals surface area (Å²) in [4.78, 5) is 14.2. The van der Waals surface area contributed by atoms with Gasteiger partial charge in [-0.2, -0.15) is 5.10 Å². The summed E-state index contributed by atoms with van der Waals surface area (Å²) >= 11 is 0. The Morgan fingerprint density at radius 1 is 1.05 bits per heavy atom. The lowest BCUT2D eigenvalue weighted by molar-refractivity contribution is 0.0992. The van der Waals surface area contributed by atoms with Crippen LogP contribution in [0.4, 0.5) is 11.5 Å². The highest BCUT2D eigenvalue weighted by atomic mass is 16.2. The van der Waals surface area contributed by atoms with Crippen molar-refractivity contribution in [3.05, 3.63) is 72.4 Å². The molecule has 110 valence electrons. The number of nitrogen functional groups attached to an aromatic ring is 1. The largest absolute Gasteiger partial charge is 0.398 e. The van der Waals surface area contributed by atoms with Gasteiger partial charge in [-0.25, -0.2) is 4.68 Å². The lowest BCUT2D eigenvalue weighted by Gasteiger charge is -2.19. The monoisotopic (exact) mass is 292 g/mol. The van der Waals surface area contributed by atoms with Crippen LogP contribution in [0.3, 0.4) is 0 Å². The summed E-state index contributed by atoms with van der Waals surface area (Å²) in [5.74, 6) is 0.509. The Balaban J connectivity index is 1.97. The minimum atomic E-state index is -0.171. The summed E-state index contributed by atoms with van der Waals surface area (Å²) in [7, 11) is 1.71. The number of carbonyl (C=O) groups excluding carboxylic acids is 1. The molecule has 0 radical (unpaired) electrons. The van der Waals surface area contributed by atoms with Crippen LogP contribution >= 0.6 is 0 Å². The average Bonchev–Trinajstić information content (AvgIpc) is 3.04.